The topological polar surface area (TPSA) is 12.4 Å². The van der Waals surface area contributed by atoms with Crippen molar-refractivity contribution in [3.63, 3.8) is 0 Å². The molecule has 0 saturated heterocycles. The second-order valence-corrected chi connectivity index (χ2v) is 3.28. The lowest BCUT2D eigenvalue weighted by atomic mass is 10.1. The number of rotatable bonds is 4. The van der Waals surface area contributed by atoms with Crippen molar-refractivity contribution in [3.05, 3.63) is 35.9 Å². The van der Waals surface area contributed by atoms with Gasteiger partial charge in [-0.05, 0) is 31.5 Å². The quantitative estimate of drug-likeness (QED) is 0.623. The van der Waals surface area contributed by atoms with E-state index in [9.17, 15) is 0 Å². The number of nitrogens with zero attached hydrogens (tertiary/aromatic N) is 1. The Kier molecular flexibility index (Phi) is 4.24. The highest BCUT2D eigenvalue weighted by Gasteiger charge is 1.98. The third kappa shape index (κ3) is 3.88. The Labute approximate surface area is 80.5 Å². The predicted octanol–water partition coefficient (Wildman–Crippen LogP) is 3.10. The van der Waals surface area contributed by atoms with Gasteiger partial charge in [0.2, 0.25) is 0 Å². The third-order valence-electron chi connectivity index (χ3n) is 1.92. The van der Waals surface area contributed by atoms with Gasteiger partial charge in [0.15, 0.2) is 0 Å². The molecule has 0 bridgehead atoms. The highest BCUT2D eigenvalue weighted by molar-refractivity contribution is 5.56. The molecule has 1 nitrogen and oxygen atoms in total. The van der Waals surface area contributed by atoms with Crippen molar-refractivity contribution in [2.75, 3.05) is 0 Å². The first-order chi connectivity index (χ1) is 6.33. The van der Waals surface area contributed by atoms with Gasteiger partial charge in [-0.1, -0.05) is 37.3 Å². The summed E-state index contributed by atoms with van der Waals surface area (Å²) in [5.41, 5.74) is 1.36. The summed E-state index contributed by atoms with van der Waals surface area (Å²) in [5.74, 6) is 0. The van der Waals surface area contributed by atoms with E-state index in [0.717, 1.165) is 12.8 Å². The Balaban J connectivity index is 2.45. The van der Waals surface area contributed by atoms with Crippen LogP contribution in [0.1, 0.15) is 25.8 Å². The van der Waals surface area contributed by atoms with Crippen LogP contribution in [0.3, 0.4) is 0 Å². The molecule has 0 fully saturated rings. The van der Waals surface area contributed by atoms with E-state index in [0.29, 0.717) is 6.04 Å². The highest BCUT2D eigenvalue weighted by Crippen LogP contribution is 2.04. The van der Waals surface area contributed by atoms with Gasteiger partial charge in [0, 0.05) is 0 Å². The lowest BCUT2D eigenvalue weighted by Gasteiger charge is -2.05. The Morgan fingerprint density at radius 2 is 2.00 bits per heavy atom. The van der Waals surface area contributed by atoms with E-state index < -0.39 is 0 Å². The van der Waals surface area contributed by atoms with Gasteiger partial charge >= 0.3 is 0 Å². The second kappa shape index (κ2) is 5.52. The van der Waals surface area contributed by atoms with Crippen LogP contribution in [0, 0.1) is 0 Å². The molecule has 0 radical (unpaired) electrons. The molecule has 1 heteroatoms. The lowest BCUT2D eigenvalue weighted by molar-refractivity contribution is 0.741. The zero-order valence-corrected chi connectivity index (χ0v) is 8.40. The molecule has 0 N–H and O–H groups in total. The van der Waals surface area contributed by atoms with Crippen molar-refractivity contribution < 1.29 is 0 Å². The van der Waals surface area contributed by atoms with Crippen molar-refractivity contribution in [2.24, 2.45) is 4.99 Å². The molecular weight excluding hydrogens is 158 g/mol. The summed E-state index contributed by atoms with van der Waals surface area (Å²) in [6.45, 7) is 4.26. The molecule has 0 aromatic heterocycles. The molecule has 1 aromatic carbocycles. The van der Waals surface area contributed by atoms with Crippen molar-refractivity contribution in [1.82, 2.24) is 0 Å². The molecule has 0 spiro atoms. The molecule has 1 rings (SSSR count). The summed E-state index contributed by atoms with van der Waals surface area (Å²) in [5, 5.41) is 0. The minimum atomic E-state index is 0.405. The van der Waals surface area contributed by atoms with Crippen molar-refractivity contribution in [3.8, 4) is 0 Å². The Hall–Kier alpha value is -1.11. The molecule has 1 aromatic rings. The third-order valence-corrected chi connectivity index (χ3v) is 1.92. The SMILES string of the molecule is CC/C=N/C(C)Cc1ccccc1. The number of hydrogen-bond donors (Lipinski definition) is 0. The first-order valence-electron chi connectivity index (χ1n) is 4.88. The molecule has 13 heavy (non-hydrogen) atoms. The summed E-state index contributed by atoms with van der Waals surface area (Å²) >= 11 is 0. The van der Waals surface area contributed by atoms with Crippen LogP contribution in [0.4, 0.5) is 0 Å². The Morgan fingerprint density at radius 1 is 1.31 bits per heavy atom. The van der Waals surface area contributed by atoms with Crippen LogP contribution in [0.15, 0.2) is 35.3 Å². The average Bonchev–Trinajstić information content (AvgIpc) is 2.16. The monoisotopic (exact) mass is 175 g/mol. The van der Waals surface area contributed by atoms with Gasteiger partial charge in [-0.25, -0.2) is 0 Å². The molecule has 1 unspecified atom stereocenters. The number of benzene rings is 1. The summed E-state index contributed by atoms with van der Waals surface area (Å²) < 4.78 is 0. The van der Waals surface area contributed by atoms with E-state index in [2.05, 4.69) is 43.1 Å². The molecular formula is C12H17N. The Morgan fingerprint density at radius 3 is 2.62 bits per heavy atom. The summed E-state index contributed by atoms with van der Waals surface area (Å²) in [6, 6.07) is 10.9. The number of aliphatic imine (C=N–C) groups is 1. The van der Waals surface area contributed by atoms with Crippen LogP contribution < -0.4 is 0 Å². The van der Waals surface area contributed by atoms with Crippen molar-refractivity contribution in [2.45, 2.75) is 32.7 Å². The average molecular weight is 175 g/mol. The van der Waals surface area contributed by atoms with Crippen LogP contribution >= 0.6 is 0 Å². The smallest absolute Gasteiger partial charge is 0.0507 e. The van der Waals surface area contributed by atoms with Gasteiger partial charge in [0.05, 0.1) is 6.04 Å². The minimum Gasteiger partial charge on any atom is -0.294 e. The zero-order valence-electron chi connectivity index (χ0n) is 8.40. The fourth-order valence-corrected chi connectivity index (χ4v) is 1.29. The van der Waals surface area contributed by atoms with Gasteiger partial charge in [0.1, 0.15) is 0 Å². The van der Waals surface area contributed by atoms with Crippen LogP contribution in [0.25, 0.3) is 0 Å². The standard InChI is InChI=1S/C12H17N/c1-3-9-13-11(2)10-12-7-5-4-6-8-12/h4-9,11H,3,10H2,1-2H3/b13-9+. The second-order valence-electron chi connectivity index (χ2n) is 3.28. The highest BCUT2D eigenvalue weighted by atomic mass is 14.7. The molecule has 0 aliphatic carbocycles. The molecule has 70 valence electrons. The van der Waals surface area contributed by atoms with Gasteiger partial charge in [-0.2, -0.15) is 0 Å². The molecule has 0 aliphatic rings. The van der Waals surface area contributed by atoms with Crippen LogP contribution in [-0.4, -0.2) is 12.3 Å². The van der Waals surface area contributed by atoms with Gasteiger partial charge in [-0.3, -0.25) is 4.99 Å². The fraction of sp³-hybridized carbons (Fsp3) is 0.417. The first-order valence-corrected chi connectivity index (χ1v) is 4.88. The van der Waals surface area contributed by atoms with Crippen molar-refractivity contribution in [1.29, 1.82) is 0 Å². The molecule has 0 heterocycles. The molecule has 0 saturated carbocycles. The zero-order chi connectivity index (χ0) is 9.52. The van der Waals surface area contributed by atoms with E-state index >= 15 is 0 Å². The van der Waals surface area contributed by atoms with E-state index in [1.807, 2.05) is 12.3 Å². The van der Waals surface area contributed by atoms with Crippen molar-refractivity contribution >= 4 is 6.21 Å². The summed E-state index contributed by atoms with van der Waals surface area (Å²) in [6.07, 6.45) is 4.06. The lowest BCUT2D eigenvalue weighted by Crippen LogP contribution is -2.02. The van der Waals surface area contributed by atoms with Crippen LogP contribution in [0.2, 0.25) is 0 Å². The van der Waals surface area contributed by atoms with Crippen LogP contribution in [0.5, 0.6) is 0 Å². The minimum absolute atomic E-state index is 0.405. The van der Waals surface area contributed by atoms with Gasteiger partial charge in [-0.15, -0.1) is 0 Å². The van der Waals surface area contributed by atoms with E-state index in [4.69, 9.17) is 0 Å². The van der Waals surface area contributed by atoms with E-state index in [1.165, 1.54) is 5.56 Å². The number of hydrogen-bond acceptors (Lipinski definition) is 1. The normalized spacial score (nSPS) is 13.4. The summed E-state index contributed by atoms with van der Waals surface area (Å²) in [7, 11) is 0. The van der Waals surface area contributed by atoms with E-state index in [-0.39, 0.29) is 0 Å². The maximum absolute atomic E-state index is 4.41. The molecule has 1 atom stereocenters. The maximum Gasteiger partial charge on any atom is 0.0507 e. The maximum atomic E-state index is 4.41. The van der Waals surface area contributed by atoms with Gasteiger partial charge in [0.25, 0.3) is 0 Å². The molecule has 0 amide bonds. The first kappa shape index (κ1) is 9.97. The van der Waals surface area contributed by atoms with E-state index in [1.54, 1.807) is 0 Å². The Bertz CT molecular complexity index is 251. The largest absolute Gasteiger partial charge is 0.294 e. The van der Waals surface area contributed by atoms with Gasteiger partial charge < -0.3 is 0 Å². The summed E-state index contributed by atoms with van der Waals surface area (Å²) in [4.78, 5) is 4.41. The fourth-order valence-electron chi connectivity index (χ4n) is 1.29. The van der Waals surface area contributed by atoms with Crippen LogP contribution in [-0.2, 0) is 6.42 Å². The molecule has 0 aliphatic heterocycles. The predicted molar refractivity (Wildman–Crippen MR) is 58.4 cm³/mol.